The number of hydrogen-bond acceptors (Lipinski definition) is 7. The highest BCUT2D eigenvalue weighted by Crippen LogP contribution is 2.29. The van der Waals surface area contributed by atoms with Gasteiger partial charge in [-0.05, 0) is 56.3 Å². The van der Waals surface area contributed by atoms with Gasteiger partial charge in [0, 0.05) is 12.1 Å². The normalized spacial score (nSPS) is 11.7. The van der Waals surface area contributed by atoms with E-state index in [9.17, 15) is 21.6 Å². The van der Waals surface area contributed by atoms with Crippen molar-refractivity contribution in [3.8, 4) is 11.5 Å². The Kier molecular flexibility index (Phi) is 8.79. The molecule has 0 unspecified atom stereocenters. The Labute approximate surface area is 217 Å². The third kappa shape index (κ3) is 6.79. The fourth-order valence-electron chi connectivity index (χ4n) is 3.45. The predicted molar refractivity (Wildman–Crippen MR) is 141 cm³/mol. The van der Waals surface area contributed by atoms with Gasteiger partial charge in [-0.25, -0.2) is 21.6 Å². The van der Waals surface area contributed by atoms with Crippen LogP contribution in [0.25, 0.3) is 0 Å². The van der Waals surface area contributed by atoms with Crippen LogP contribution in [0.4, 0.5) is 11.4 Å². The second kappa shape index (κ2) is 11.6. The molecule has 0 aromatic heterocycles. The first-order valence-corrected chi connectivity index (χ1v) is 14.1. The predicted octanol–water partition coefficient (Wildman–Crippen LogP) is 3.22. The second-order valence-electron chi connectivity index (χ2n) is 8.21. The van der Waals surface area contributed by atoms with Crippen molar-refractivity contribution in [1.29, 1.82) is 0 Å². The van der Waals surface area contributed by atoms with E-state index in [1.807, 2.05) is 0 Å². The molecule has 0 aliphatic rings. The summed E-state index contributed by atoms with van der Waals surface area (Å²) < 4.78 is 66.2. The van der Waals surface area contributed by atoms with E-state index in [0.29, 0.717) is 5.75 Å². The zero-order valence-electron chi connectivity index (χ0n) is 20.8. The molecule has 0 saturated heterocycles. The molecule has 0 aliphatic heterocycles. The Morgan fingerprint density at radius 1 is 0.865 bits per heavy atom. The first-order chi connectivity index (χ1) is 17.5. The molecule has 12 heteroatoms. The summed E-state index contributed by atoms with van der Waals surface area (Å²) in [6.07, 6.45) is 0. The molecule has 10 nitrogen and oxygen atoms in total. The van der Waals surface area contributed by atoms with E-state index in [-0.39, 0.29) is 33.0 Å². The summed E-state index contributed by atoms with van der Waals surface area (Å²) in [5, 5.41) is 2.59. The maximum absolute atomic E-state index is 13.5. The molecule has 3 aromatic carbocycles. The van der Waals surface area contributed by atoms with Gasteiger partial charge in [0.05, 0.1) is 35.4 Å². The van der Waals surface area contributed by atoms with Crippen molar-refractivity contribution in [2.75, 3.05) is 30.4 Å². The Bertz CT molecular complexity index is 1460. The molecule has 37 heavy (non-hydrogen) atoms. The monoisotopic (exact) mass is 547 g/mol. The SMILES string of the molecule is COc1cccc(N(CC(=O)Nc2cc(S(=O)(=O)NC(C)C)ccc2OC)S(=O)(=O)c2ccccc2)c1. The summed E-state index contributed by atoms with van der Waals surface area (Å²) in [6, 6.07) is 17.7. The number of hydrogen-bond donors (Lipinski definition) is 2. The first kappa shape index (κ1) is 28.0. The first-order valence-electron chi connectivity index (χ1n) is 11.2. The van der Waals surface area contributed by atoms with Crippen LogP contribution in [0.5, 0.6) is 11.5 Å². The number of rotatable bonds is 11. The molecular formula is C25H29N3O7S2. The maximum Gasteiger partial charge on any atom is 0.264 e. The number of benzene rings is 3. The molecule has 0 atom stereocenters. The van der Waals surface area contributed by atoms with Crippen molar-refractivity contribution < 1.29 is 31.1 Å². The molecule has 0 bridgehead atoms. The van der Waals surface area contributed by atoms with Crippen LogP contribution < -0.4 is 23.8 Å². The number of nitrogens with zero attached hydrogens (tertiary/aromatic N) is 1. The Hall–Kier alpha value is -3.61. The fourth-order valence-corrected chi connectivity index (χ4v) is 6.16. The quantitative estimate of drug-likeness (QED) is 0.377. The van der Waals surface area contributed by atoms with Crippen molar-refractivity contribution in [3.63, 3.8) is 0 Å². The van der Waals surface area contributed by atoms with Gasteiger partial charge in [-0.3, -0.25) is 9.10 Å². The van der Waals surface area contributed by atoms with E-state index in [1.165, 1.54) is 50.6 Å². The fraction of sp³-hybridized carbons (Fsp3) is 0.240. The van der Waals surface area contributed by atoms with E-state index in [0.717, 1.165) is 4.31 Å². The summed E-state index contributed by atoms with van der Waals surface area (Å²) in [4.78, 5) is 13.1. The maximum atomic E-state index is 13.5. The topological polar surface area (TPSA) is 131 Å². The Balaban J connectivity index is 1.98. The lowest BCUT2D eigenvalue weighted by atomic mass is 10.2. The van der Waals surface area contributed by atoms with Crippen LogP contribution in [0.3, 0.4) is 0 Å². The minimum Gasteiger partial charge on any atom is -0.497 e. The van der Waals surface area contributed by atoms with E-state index in [2.05, 4.69) is 10.0 Å². The number of amides is 1. The number of nitrogens with one attached hydrogen (secondary N) is 2. The molecule has 3 rings (SSSR count). The molecule has 0 aliphatic carbocycles. The zero-order valence-corrected chi connectivity index (χ0v) is 22.5. The molecule has 1 amide bonds. The van der Waals surface area contributed by atoms with Crippen LogP contribution in [0.1, 0.15) is 13.8 Å². The summed E-state index contributed by atoms with van der Waals surface area (Å²) in [5.41, 5.74) is 0.282. The zero-order chi connectivity index (χ0) is 27.2. The van der Waals surface area contributed by atoms with Crippen molar-refractivity contribution >= 4 is 37.3 Å². The van der Waals surface area contributed by atoms with Crippen LogP contribution >= 0.6 is 0 Å². The molecule has 3 aromatic rings. The van der Waals surface area contributed by atoms with Gasteiger partial charge in [-0.15, -0.1) is 0 Å². The lowest BCUT2D eigenvalue weighted by molar-refractivity contribution is -0.114. The lowest BCUT2D eigenvalue weighted by Crippen LogP contribution is -2.38. The molecule has 0 radical (unpaired) electrons. The highest BCUT2D eigenvalue weighted by molar-refractivity contribution is 7.92. The average molecular weight is 548 g/mol. The van der Waals surface area contributed by atoms with Crippen molar-refractivity contribution in [1.82, 2.24) is 4.72 Å². The Morgan fingerprint density at radius 3 is 2.19 bits per heavy atom. The van der Waals surface area contributed by atoms with E-state index >= 15 is 0 Å². The van der Waals surface area contributed by atoms with Crippen molar-refractivity contribution in [2.24, 2.45) is 0 Å². The average Bonchev–Trinajstić information content (AvgIpc) is 2.87. The molecule has 0 spiro atoms. The minimum atomic E-state index is -4.15. The number of carbonyl (C=O) groups excluding carboxylic acids is 1. The van der Waals surface area contributed by atoms with Crippen LogP contribution in [0, 0.1) is 0 Å². The van der Waals surface area contributed by atoms with Gasteiger partial charge >= 0.3 is 0 Å². The number of carbonyl (C=O) groups is 1. The standard InChI is InChI=1S/C25H29N3O7S2/c1-18(2)27-36(30,31)22-13-14-24(35-4)23(16-22)26-25(29)17-28(19-9-8-10-20(15-19)34-3)37(32,33)21-11-6-5-7-12-21/h5-16,18,27H,17H2,1-4H3,(H,26,29). The van der Waals surface area contributed by atoms with Crippen LogP contribution in [-0.2, 0) is 24.8 Å². The largest absolute Gasteiger partial charge is 0.497 e. The van der Waals surface area contributed by atoms with E-state index in [4.69, 9.17) is 9.47 Å². The minimum absolute atomic E-state index is 0.00366. The van der Waals surface area contributed by atoms with Crippen molar-refractivity contribution in [3.05, 3.63) is 72.8 Å². The molecule has 198 valence electrons. The second-order valence-corrected chi connectivity index (χ2v) is 11.8. The summed E-state index contributed by atoms with van der Waals surface area (Å²) in [7, 11) is -5.18. The van der Waals surface area contributed by atoms with Crippen LogP contribution in [0.15, 0.2) is 82.6 Å². The van der Waals surface area contributed by atoms with Gasteiger partial charge in [0.25, 0.3) is 10.0 Å². The van der Waals surface area contributed by atoms with Crippen molar-refractivity contribution in [2.45, 2.75) is 29.7 Å². The smallest absolute Gasteiger partial charge is 0.264 e. The number of methoxy groups -OCH3 is 2. The Morgan fingerprint density at radius 2 is 1.57 bits per heavy atom. The third-order valence-electron chi connectivity index (χ3n) is 5.11. The van der Waals surface area contributed by atoms with Gasteiger partial charge < -0.3 is 14.8 Å². The molecule has 2 N–H and O–H groups in total. The highest BCUT2D eigenvalue weighted by Gasteiger charge is 2.28. The van der Waals surface area contributed by atoms with Gasteiger partial charge in [-0.2, -0.15) is 0 Å². The van der Waals surface area contributed by atoms with Gasteiger partial charge in [-0.1, -0.05) is 24.3 Å². The molecule has 0 fully saturated rings. The highest BCUT2D eigenvalue weighted by atomic mass is 32.2. The van der Waals surface area contributed by atoms with Gasteiger partial charge in [0.15, 0.2) is 0 Å². The molecule has 0 heterocycles. The van der Waals surface area contributed by atoms with Crippen LogP contribution in [-0.4, -0.2) is 49.5 Å². The molecule has 0 saturated carbocycles. The number of sulfonamides is 2. The van der Waals surface area contributed by atoms with Gasteiger partial charge in [0.2, 0.25) is 15.9 Å². The van der Waals surface area contributed by atoms with Crippen LogP contribution in [0.2, 0.25) is 0 Å². The third-order valence-corrected chi connectivity index (χ3v) is 8.55. The number of ether oxygens (including phenoxy) is 2. The van der Waals surface area contributed by atoms with E-state index in [1.54, 1.807) is 50.2 Å². The number of anilines is 2. The summed E-state index contributed by atoms with van der Waals surface area (Å²) in [5.74, 6) is -0.105. The molecular weight excluding hydrogens is 518 g/mol. The van der Waals surface area contributed by atoms with E-state index < -0.39 is 32.5 Å². The lowest BCUT2D eigenvalue weighted by Gasteiger charge is -2.24. The van der Waals surface area contributed by atoms with Gasteiger partial charge in [0.1, 0.15) is 18.0 Å². The summed E-state index contributed by atoms with van der Waals surface area (Å²) in [6.45, 7) is 2.77. The summed E-state index contributed by atoms with van der Waals surface area (Å²) >= 11 is 0.